The molecule has 1 aromatic heterocycles. The van der Waals surface area contributed by atoms with Crippen molar-refractivity contribution < 1.29 is 31.5 Å². The molecule has 0 fully saturated rings. The van der Waals surface area contributed by atoms with Gasteiger partial charge in [0.05, 0.1) is 7.11 Å². The minimum absolute atomic E-state index is 0. The molecule has 1 N–H and O–H groups in total. The topological polar surface area (TPSA) is 46.2 Å². The van der Waals surface area contributed by atoms with Crippen molar-refractivity contribution in [3.63, 3.8) is 0 Å². The van der Waals surface area contributed by atoms with E-state index in [-0.39, 0.29) is 22.7 Å². The number of nitrogens with zero attached hydrogens (tertiary/aromatic N) is 2. The van der Waals surface area contributed by atoms with E-state index < -0.39 is 0 Å². The number of allylic oxidation sites excluding steroid dienone is 1. The van der Waals surface area contributed by atoms with Crippen LogP contribution in [0, 0.1) is 6.92 Å². The summed E-state index contributed by atoms with van der Waals surface area (Å²) >= 11 is 1.62. The van der Waals surface area contributed by atoms with Gasteiger partial charge in [-0.1, -0.05) is 17.3 Å². The number of aromatic hydroxyl groups is 1. The van der Waals surface area contributed by atoms with E-state index in [4.69, 9.17) is 4.74 Å². The van der Waals surface area contributed by atoms with E-state index >= 15 is 0 Å². The molecule has 0 radical (unpaired) electrons. The average Bonchev–Trinajstić information content (AvgIpc) is 2.78. The Kier molecular flexibility index (Phi) is 6.58. The van der Waals surface area contributed by atoms with E-state index in [1.807, 2.05) is 35.9 Å². The Morgan fingerprint density at radius 1 is 1.43 bits per heavy atom. The van der Waals surface area contributed by atoms with Crippen LogP contribution in [-0.2, 0) is 6.54 Å². The first-order valence-electron chi connectivity index (χ1n) is 6.17. The molecule has 0 saturated carbocycles. The van der Waals surface area contributed by atoms with Gasteiger partial charge in [0, 0.05) is 11.2 Å². The highest BCUT2D eigenvalue weighted by molar-refractivity contribution is 7.11. The van der Waals surface area contributed by atoms with Gasteiger partial charge >= 0.3 is 0 Å². The number of ether oxygens (including phenoxy) is 1. The predicted molar refractivity (Wildman–Crippen MR) is 80.8 cm³/mol. The Bertz CT molecular complexity index is 653. The van der Waals surface area contributed by atoms with Gasteiger partial charge in [0.15, 0.2) is 23.1 Å². The van der Waals surface area contributed by atoms with E-state index in [0.29, 0.717) is 12.3 Å². The molecule has 0 aliphatic heterocycles. The summed E-state index contributed by atoms with van der Waals surface area (Å²) in [5.74, 6) is 0.603. The summed E-state index contributed by atoms with van der Waals surface area (Å²) in [6, 6.07) is 5.24. The van der Waals surface area contributed by atoms with Gasteiger partial charge in [-0.05, 0) is 48.1 Å². The lowest BCUT2D eigenvalue weighted by Gasteiger charge is -2.03. The minimum atomic E-state index is 0. The minimum Gasteiger partial charge on any atom is -1.00 e. The number of rotatable bonds is 5. The van der Waals surface area contributed by atoms with Crippen LogP contribution in [0.3, 0.4) is 0 Å². The van der Waals surface area contributed by atoms with E-state index in [1.54, 1.807) is 23.5 Å². The van der Waals surface area contributed by atoms with Crippen molar-refractivity contribution >= 4 is 23.5 Å². The molecule has 0 atom stereocenters. The van der Waals surface area contributed by atoms with Gasteiger partial charge in [0.1, 0.15) is 0 Å². The van der Waals surface area contributed by atoms with Gasteiger partial charge in [-0.15, -0.1) is 0 Å². The number of halogens is 1. The number of benzene rings is 1. The first-order valence-corrected chi connectivity index (χ1v) is 6.99. The smallest absolute Gasteiger partial charge is 0.289 e. The van der Waals surface area contributed by atoms with Crippen LogP contribution in [0.1, 0.15) is 15.6 Å². The summed E-state index contributed by atoms with van der Waals surface area (Å²) in [5, 5.41) is 16.0. The Morgan fingerprint density at radius 3 is 2.86 bits per heavy atom. The number of phenols is 1. The highest BCUT2D eigenvalue weighted by Crippen LogP contribution is 2.27. The monoisotopic (exact) mass is 368 g/mol. The Hall–Kier alpha value is -1.66. The van der Waals surface area contributed by atoms with Crippen molar-refractivity contribution in [2.24, 2.45) is 0 Å². The van der Waals surface area contributed by atoms with Gasteiger partial charge in [0.2, 0.25) is 0 Å². The second-order valence-corrected chi connectivity index (χ2v) is 5.41. The zero-order valence-electron chi connectivity index (χ0n) is 11.9. The molecule has 0 saturated heterocycles. The molecular weight excluding hydrogens is 352 g/mol. The van der Waals surface area contributed by atoms with Crippen LogP contribution in [0.15, 0.2) is 30.9 Å². The highest BCUT2D eigenvalue weighted by atomic mass is 79.9. The van der Waals surface area contributed by atoms with Crippen LogP contribution in [0.2, 0.25) is 0 Å². The van der Waals surface area contributed by atoms with Gasteiger partial charge in [-0.25, -0.2) is 0 Å². The molecule has 1 aromatic carbocycles. The summed E-state index contributed by atoms with van der Waals surface area (Å²) in [7, 11) is 1.53. The van der Waals surface area contributed by atoms with Gasteiger partial charge in [-0.2, -0.15) is 0 Å². The van der Waals surface area contributed by atoms with Gasteiger partial charge < -0.3 is 26.8 Å². The SMILES string of the molecule is C=CC[n+]1nc(C)sc1/C=C/c1ccc(O)c(OC)c1.[Br-]. The van der Waals surface area contributed by atoms with E-state index in [0.717, 1.165) is 15.6 Å². The standard InChI is InChI=1S/C15H16N2O2S.BrH/c1-4-9-17-15(20-11(2)16-17)8-6-12-5-7-13(18)14(10-12)19-3;/h4-8,10H,1,9H2,2-3H3;1H. The molecule has 0 unspecified atom stereocenters. The molecule has 6 heteroatoms. The number of hydrogen-bond donors (Lipinski definition) is 1. The van der Waals surface area contributed by atoms with E-state index in [2.05, 4.69) is 11.7 Å². The molecule has 0 spiro atoms. The third-order valence-electron chi connectivity index (χ3n) is 2.69. The van der Waals surface area contributed by atoms with Crippen LogP contribution >= 0.6 is 11.3 Å². The van der Waals surface area contributed by atoms with Crippen LogP contribution in [0.4, 0.5) is 0 Å². The molecule has 0 amide bonds. The maximum atomic E-state index is 9.57. The van der Waals surface area contributed by atoms with Gasteiger partial charge in [-0.3, -0.25) is 0 Å². The summed E-state index contributed by atoms with van der Waals surface area (Å²) in [6.45, 7) is 6.39. The lowest BCUT2D eigenvalue weighted by molar-refractivity contribution is -0.741. The first kappa shape index (κ1) is 17.4. The highest BCUT2D eigenvalue weighted by Gasteiger charge is 2.13. The molecule has 2 rings (SSSR count). The van der Waals surface area contributed by atoms with Crippen LogP contribution in [-0.4, -0.2) is 17.3 Å². The fourth-order valence-electron chi connectivity index (χ4n) is 1.78. The second-order valence-electron chi connectivity index (χ2n) is 4.19. The van der Waals surface area contributed by atoms with Crippen LogP contribution < -0.4 is 26.4 Å². The summed E-state index contributed by atoms with van der Waals surface area (Å²) in [6.07, 6.45) is 5.79. The second kappa shape index (κ2) is 7.95. The summed E-state index contributed by atoms with van der Waals surface area (Å²) in [5.41, 5.74) is 0.954. The number of aryl methyl sites for hydroxylation is 1. The zero-order valence-corrected chi connectivity index (χ0v) is 14.3. The van der Waals surface area contributed by atoms with Crippen LogP contribution in [0.25, 0.3) is 12.2 Å². The molecule has 2 aromatic rings. The van der Waals surface area contributed by atoms with Crippen LogP contribution in [0.5, 0.6) is 11.5 Å². The zero-order chi connectivity index (χ0) is 14.5. The Morgan fingerprint density at radius 2 is 2.19 bits per heavy atom. The largest absolute Gasteiger partial charge is 1.00 e. The maximum Gasteiger partial charge on any atom is 0.289 e. The molecular formula is C15H17BrN2O2S. The van der Waals surface area contributed by atoms with Gasteiger partial charge in [0.25, 0.3) is 5.01 Å². The molecule has 0 aliphatic carbocycles. The third kappa shape index (κ3) is 4.41. The molecule has 4 nitrogen and oxygen atoms in total. The average molecular weight is 369 g/mol. The van der Waals surface area contributed by atoms with Crippen molar-refractivity contribution in [1.82, 2.24) is 5.10 Å². The van der Waals surface area contributed by atoms with Crippen molar-refractivity contribution in [1.29, 1.82) is 0 Å². The Balaban J connectivity index is 0.00000220. The van der Waals surface area contributed by atoms with Crippen molar-refractivity contribution in [2.75, 3.05) is 7.11 Å². The fourth-order valence-corrected chi connectivity index (χ4v) is 2.58. The normalized spacial score (nSPS) is 10.4. The number of aromatic nitrogens is 2. The van der Waals surface area contributed by atoms with Crippen molar-refractivity contribution in [3.8, 4) is 11.5 Å². The number of hydrogen-bond acceptors (Lipinski definition) is 4. The van der Waals surface area contributed by atoms with E-state index in [1.165, 1.54) is 7.11 Å². The predicted octanol–water partition coefficient (Wildman–Crippen LogP) is -0.186. The number of methoxy groups -OCH3 is 1. The summed E-state index contributed by atoms with van der Waals surface area (Å²) in [4.78, 5) is 0. The first-order chi connectivity index (χ1) is 9.63. The molecule has 0 aliphatic rings. The molecule has 1 heterocycles. The third-order valence-corrected chi connectivity index (χ3v) is 3.63. The number of phenolic OH excluding ortho intramolecular Hbond substituents is 1. The summed E-state index contributed by atoms with van der Waals surface area (Å²) < 4.78 is 7.00. The fraction of sp³-hybridized carbons (Fsp3) is 0.200. The lowest BCUT2D eigenvalue weighted by Crippen LogP contribution is -3.00. The maximum absolute atomic E-state index is 9.57. The lowest BCUT2D eigenvalue weighted by atomic mass is 10.2. The molecule has 0 bridgehead atoms. The quantitative estimate of drug-likeness (QED) is 0.587. The molecule has 112 valence electrons. The Labute approximate surface area is 138 Å². The van der Waals surface area contributed by atoms with Crippen molar-refractivity contribution in [2.45, 2.75) is 13.5 Å². The van der Waals surface area contributed by atoms with E-state index in [9.17, 15) is 5.11 Å². The molecule has 21 heavy (non-hydrogen) atoms. The van der Waals surface area contributed by atoms with Crippen molar-refractivity contribution in [3.05, 3.63) is 46.4 Å².